The van der Waals surface area contributed by atoms with E-state index in [1.54, 1.807) is 7.11 Å². The second-order valence-corrected chi connectivity index (χ2v) is 5.34. The standard InChI is InChI=1S/C11H15N.C10H12O/c1-12(2)10-6-9-11-7-4-3-5-8-11;1-11-9-5-8-10-6-3-2-4-7-10/h3-9H,10H2,1-2H3;2-8H,9H2,1H3. The molecule has 0 unspecified atom stereocenters. The maximum atomic E-state index is 4.88. The summed E-state index contributed by atoms with van der Waals surface area (Å²) in [4.78, 5) is 2.14. The first-order valence-electron chi connectivity index (χ1n) is 7.79. The molecule has 0 N–H and O–H groups in total. The van der Waals surface area contributed by atoms with Crippen LogP contribution in [0.1, 0.15) is 11.1 Å². The summed E-state index contributed by atoms with van der Waals surface area (Å²) >= 11 is 0. The van der Waals surface area contributed by atoms with Gasteiger partial charge in [0.05, 0.1) is 6.61 Å². The Hall–Kier alpha value is -2.16. The van der Waals surface area contributed by atoms with E-state index in [2.05, 4.69) is 67.5 Å². The minimum atomic E-state index is 0.675. The van der Waals surface area contributed by atoms with Gasteiger partial charge in [0.15, 0.2) is 0 Å². The molecule has 2 aromatic rings. The van der Waals surface area contributed by atoms with E-state index in [1.165, 1.54) is 11.1 Å². The van der Waals surface area contributed by atoms with E-state index in [0.717, 1.165) is 6.54 Å². The van der Waals surface area contributed by atoms with E-state index in [9.17, 15) is 0 Å². The fourth-order valence-electron chi connectivity index (χ4n) is 1.81. The molecule has 0 radical (unpaired) electrons. The summed E-state index contributed by atoms with van der Waals surface area (Å²) < 4.78 is 4.88. The minimum Gasteiger partial charge on any atom is -0.381 e. The van der Waals surface area contributed by atoms with Crippen molar-refractivity contribution < 1.29 is 4.74 Å². The first-order chi connectivity index (χ1) is 11.2. The van der Waals surface area contributed by atoms with Crippen LogP contribution in [0.25, 0.3) is 12.2 Å². The van der Waals surface area contributed by atoms with Crippen molar-refractivity contribution in [3.05, 3.63) is 83.9 Å². The van der Waals surface area contributed by atoms with Gasteiger partial charge in [-0.2, -0.15) is 0 Å². The van der Waals surface area contributed by atoms with E-state index in [0.29, 0.717) is 6.61 Å². The number of ether oxygens (including phenoxy) is 1. The predicted octanol–water partition coefficient (Wildman–Crippen LogP) is 4.61. The SMILES string of the molecule is CN(C)CC=Cc1ccccc1.COCC=Cc1ccccc1. The number of benzene rings is 2. The number of hydrogen-bond acceptors (Lipinski definition) is 2. The summed E-state index contributed by atoms with van der Waals surface area (Å²) in [5, 5.41) is 0. The van der Waals surface area contributed by atoms with Gasteiger partial charge in [0, 0.05) is 13.7 Å². The largest absolute Gasteiger partial charge is 0.381 e. The molecule has 23 heavy (non-hydrogen) atoms. The highest BCUT2D eigenvalue weighted by Crippen LogP contribution is 2.01. The molecule has 0 spiro atoms. The van der Waals surface area contributed by atoms with Gasteiger partial charge in [-0.25, -0.2) is 0 Å². The molecule has 0 aromatic heterocycles. The summed E-state index contributed by atoms with van der Waals surface area (Å²) in [5.74, 6) is 0. The van der Waals surface area contributed by atoms with Crippen LogP contribution in [0.3, 0.4) is 0 Å². The maximum Gasteiger partial charge on any atom is 0.0646 e. The number of nitrogens with zero attached hydrogens (tertiary/aromatic N) is 1. The molecule has 0 aliphatic rings. The molecule has 0 fully saturated rings. The van der Waals surface area contributed by atoms with Gasteiger partial charge >= 0.3 is 0 Å². The van der Waals surface area contributed by atoms with Crippen LogP contribution in [0.15, 0.2) is 72.8 Å². The Morgan fingerprint density at radius 3 is 1.70 bits per heavy atom. The van der Waals surface area contributed by atoms with E-state index in [4.69, 9.17) is 4.74 Å². The highest BCUT2D eigenvalue weighted by molar-refractivity contribution is 5.49. The number of rotatable bonds is 6. The molecule has 2 heteroatoms. The first-order valence-corrected chi connectivity index (χ1v) is 7.79. The third-order valence-electron chi connectivity index (χ3n) is 2.95. The molecule has 0 aliphatic carbocycles. The van der Waals surface area contributed by atoms with Crippen molar-refractivity contribution in [1.29, 1.82) is 0 Å². The molecular weight excluding hydrogens is 282 g/mol. The summed E-state index contributed by atoms with van der Waals surface area (Å²) in [6, 6.07) is 20.5. The van der Waals surface area contributed by atoms with Gasteiger partial charge in [0.25, 0.3) is 0 Å². The van der Waals surface area contributed by atoms with Crippen molar-refractivity contribution in [2.45, 2.75) is 0 Å². The van der Waals surface area contributed by atoms with Crippen molar-refractivity contribution in [3.8, 4) is 0 Å². The molecular formula is C21H27NO. The molecule has 0 saturated carbocycles. The number of hydrogen-bond donors (Lipinski definition) is 0. The van der Waals surface area contributed by atoms with E-state index >= 15 is 0 Å². The Kier molecular flexibility index (Phi) is 10.2. The highest BCUT2D eigenvalue weighted by Gasteiger charge is 1.84. The Morgan fingerprint density at radius 2 is 1.26 bits per heavy atom. The van der Waals surface area contributed by atoms with Crippen molar-refractivity contribution in [2.24, 2.45) is 0 Å². The van der Waals surface area contributed by atoms with E-state index in [-0.39, 0.29) is 0 Å². The van der Waals surface area contributed by atoms with Crippen LogP contribution in [0.4, 0.5) is 0 Å². The van der Waals surface area contributed by atoms with Gasteiger partial charge in [0.1, 0.15) is 0 Å². The third kappa shape index (κ3) is 10.2. The van der Waals surface area contributed by atoms with Gasteiger partial charge in [-0.05, 0) is 25.2 Å². The van der Waals surface area contributed by atoms with Crippen LogP contribution in [0, 0.1) is 0 Å². The Balaban J connectivity index is 0.000000231. The topological polar surface area (TPSA) is 12.5 Å². The van der Waals surface area contributed by atoms with Crippen molar-refractivity contribution >= 4 is 12.2 Å². The highest BCUT2D eigenvalue weighted by atomic mass is 16.5. The molecule has 2 aromatic carbocycles. The van der Waals surface area contributed by atoms with Crippen LogP contribution in [-0.2, 0) is 4.74 Å². The van der Waals surface area contributed by atoms with Gasteiger partial charge in [-0.1, -0.05) is 85.0 Å². The first kappa shape index (κ1) is 18.9. The van der Waals surface area contributed by atoms with Crippen LogP contribution in [-0.4, -0.2) is 39.3 Å². The molecule has 0 heterocycles. The molecule has 0 saturated heterocycles. The van der Waals surface area contributed by atoms with Crippen LogP contribution in [0.2, 0.25) is 0 Å². The summed E-state index contributed by atoms with van der Waals surface area (Å²) in [5.41, 5.74) is 2.48. The quantitative estimate of drug-likeness (QED) is 0.773. The molecule has 0 atom stereocenters. The summed E-state index contributed by atoms with van der Waals surface area (Å²) in [7, 11) is 5.82. The smallest absolute Gasteiger partial charge is 0.0646 e. The van der Waals surface area contributed by atoms with Crippen molar-refractivity contribution in [2.75, 3.05) is 34.4 Å². The second-order valence-electron chi connectivity index (χ2n) is 5.34. The Labute approximate surface area is 140 Å². The fraction of sp³-hybridized carbons (Fsp3) is 0.238. The van der Waals surface area contributed by atoms with Gasteiger partial charge < -0.3 is 9.64 Å². The van der Waals surface area contributed by atoms with Crippen molar-refractivity contribution in [3.63, 3.8) is 0 Å². The average Bonchev–Trinajstić information content (AvgIpc) is 2.57. The lowest BCUT2D eigenvalue weighted by molar-refractivity contribution is 0.234. The molecule has 2 rings (SSSR count). The molecule has 0 aliphatic heterocycles. The lowest BCUT2D eigenvalue weighted by Crippen LogP contribution is -2.10. The Morgan fingerprint density at radius 1 is 0.783 bits per heavy atom. The van der Waals surface area contributed by atoms with E-state index < -0.39 is 0 Å². The number of likely N-dealkylation sites (N-methyl/N-ethyl adjacent to an activating group) is 1. The summed E-state index contributed by atoms with van der Waals surface area (Å²) in [6.45, 7) is 1.67. The van der Waals surface area contributed by atoms with Gasteiger partial charge in [-0.3, -0.25) is 0 Å². The monoisotopic (exact) mass is 309 g/mol. The zero-order valence-corrected chi connectivity index (χ0v) is 14.4. The van der Waals surface area contributed by atoms with Crippen LogP contribution in [0.5, 0.6) is 0 Å². The fourth-order valence-corrected chi connectivity index (χ4v) is 1.81. The van der Waals surface area contributed by atoms with Crippen LogP contribution < -0.4 is 0 Å². The third-order valence-corrected chi connectivity index (χ3v) is 2.95. The normalized spacial score (nSPS) is 11.0. The zero-order valence-electron chi connectivity index (χ0n) is 14.4. The molecule has 2 nitrogen and oxygen atoms in total. The van der Waals surface area contributed by atoms with Gasteiger partial charge in [-0.15, -0.1) is 0 Å². The average molecular weight is 309 g/mol. The van der Waals surface area contributed by atoms with Gasteiger partial charge in [0.2, 0.25) is 0 Å². The lowest BCUT2D eigenvalue weighted by atomic mass is 10.2. The number of methoxy groups -OCH3 is 1. The predicted molar refractivity (Wildman–Crippen MR) is 101 cm³/mol. The Bertz CT molecular complexity index is 559. The molecule has 0 amide bonds. The lowest BCUT2D eigenvalue weighted by Gasteiger charge is -2.03. The maximum absolute atomic E-state index is 4.88. The molecule has 0 bridgehead atoms. The van der Waals surface area contributed by atoms with E-state index in [1.807, 2.05) is 36.4 Å². The molecule has 122 valence electrons. The summed E-state index contributed by atoms with van der Waals surface area (Å²) in [6.07, 6.45) is 8.34. The zero-order chi connectivity index (χ0) is 16.8. The second kappa shape index (κ2) is 12.4. The van der Waals surface area contributed by atoms with Crippen LogP contribution >= 0.6 is 0 Å². The minimum absolute atomic E-state index is 0.675. The van der Waals surface area contributed by atoms with Crippen molar-refractivity contribution in [1.82, 2.24) is 4.90 Å².